The van der Waals surface area contributed by atoms with Gasteiger partial charge in [-0.05, 0) is 89.5 Å². The Morgan fingerprint density at radius 3 is 1.53 bits per heavy atom. The second-order valence-corrected chi connectivity index (χ2v) is 17.5. The molecule has 0 radical (unpaired) electrons. The number of esters is 2. The van der Waals surface area contributed by atoms with Crippen molar-refractivity contribution in [3.63, 3.8) is 0 Å². The van der Waals surface area contributed by atoms with E-state index in [0.29, 0.717) is 101 Å². The maximum absolute atomic E-state index is 13.8. The summed E-state index contributed by atoms with van der Waals surface area (Å²) < 4.78 is 60.7. The highest BCUT2D eigenvalue weighted by atomic mass is 16.7. The van der Waals surface area contributed by atoms with Gasteiger partial charge in [-0.1, -0.05) is 104 Å². The molecule has 75 heavy (non-hydrogen) atoms. The maximum Gasteiger partial charge on any atom is 0.343 e. The van der Waals surface area contributed by atoms with Crippen molar-refractivity contribution in [2.24, 2.45) is 0 Å². The number of carbonyl (C=O) groups is 2. The zero-order valence-electron chi connectivity index (χ0n) is 42.6. The lowest BCUT2D eigenvalue weighted by atomic mass is 9.90. The normalized spacial score (nSPS) is 12.1. The molecule has 8 rings (SSSR count). The first kappa shape index (κ1) is 52.7. The van der Waals surface area contributed by atoms with Crippen molar-refractivity contribution in [3.05, 3.63) is 249 Å². The van der Waals surface area contributed by atoms with Crippen molar-refractivity contribution in [1.82, 2.24) is 0 Å². The average molecular weight is 1010 g/mol. The SMILES string of the molecule is C=C1C=C(OCc2ccccc2)CC(Cc2cc(OC(=O)c3ccccc3)cc(Cc3cc(OCc4ccccc4)cc(Cc4cc(OC(=O)c5ccccc5)ccc4OCOCCOC)c3OC)c2OC)=C1OC. The summed E-state index contributed by atoms with van der Waals surface area (Å²) in [5.41, 5.74) is 8.00. The van der Waals surface area contributed by atoms with Gasteiger partial charge in [0.1, 0.15) is 59.2 Å². The molecule has 7 aromatic carbocycles. The van der Waals surface area contributed by atoms with Crippen molar-refractivity contribution in [2.45, 2.75) is 38.9 Å². The Labute approximate surface area is 438 Å². The highest BCUT2D eigenvalue weighted by Crippen LogP contribution is 2.41. The van der Waals surface area contributed by atoms with E-state index in [1.165, 1.54) is 0 Å². The highest BCUT2D eigenvalue weighted by molar-refractivity contribution is 5.91. The summed E-state index contributed by atoms with van der Waals surface area (Å²) in [6, 6.07) is 50.2. The zero-order valence-corrected chi connectivity index (χ0v) is 42.6. The molecule has 0 saturated carbocycles. The van der Waals surface area contributed by atoms with Crippen LogP contribution in [0.2, 0.25) is 0 Å². The van der Waals surface area contributed by atoms with Crippen molar-refractivity contribution >= 4 is 11.9 Å². The van der Waals surface area contributed by atoms with Crippen LogP contribution in [0.5, 0.6) is 34.5 Å². The lowest BCUT2D eigenvalue weighted by Crippen LogP contribution is -2.12. The molecule has 1 aliphatic rings. The van der Waals surface area contributed by atoms with E-state index in [9.17, 15) is 9.59 Å². The average Bonchev–Trinajstić information content (AvgIpc) is 3.43. The van der Waals surface area contributed by atoms with E-state index in [2.05, 4.69) is 6.58 Å². The first-order valence-corrected chi connectivity index (χ1v) is 24.5. The lowest BCUT2D eigenvalue weighted by molar-refractivity contribution is -0.00885. The molecule has 0 spiro atoms. The van der Waals surface area contributed by atoms with Gasteiger partial charge in [-0.15, -0.1) is 0 Å². The van der Waals surface area contributed by atoms with Gasteiger partial charge < -0.3 is 47.4 Å². The van der Waals surface area contributed by atoms with Crippen LogP contribution in [0.4, 0.5) is 0 Å². The third kappa shape index (κ3) is 14.3. The van der Waals surface area contributed by atoms with E-state index < -0.39 is 11.9 Å². The van der Waals surface area contributed by atoms with Crippen molar-refractivity contribution in [1.29, 1.82) is 0 Å². The molecule has 12 heteroatoms. The molecule has 0 heterocycles. The predicted molar refractivity (Wildman–Crippen MR) is 286 cm³/mol. The summed E-state index contributed by atoms with van der Waals surface area (Å²) in [6.45, 7) is 5.67. The van der Waals surface area contributed by atoms with Crippen LogP contribution < -0.4 is 28.4 Å². The van der Waals surface area contributed by atoms with E-state index in [0.717, 1.165) is 39.1 Å². The largest absolute Gasteiger partial charge is 0.496 e. The molecule has 0 aliphatic heterocycles. The standard InChI is InChI=1S/C63H60O12/c1-43-30-55(71-40-44-18-10-6-11-19-44)35-49(59(43)67-3)32-52-38-57(75-63(65)47-24-16-9-17-25-47)39-53(61(52)69-5)33-51-37-56(72-41-45-20-12-7-13-21-45)36-50(60(51)68-4)31-48-34-54(74-62(64)46-22-14-8-15-23-46)26-27-58(48)73-42-70-29-28-66-2/h6-27,30,34,36-39H,1,28-29,31-33,35,40-42H2,2-5H3. The van der Waals surface area contributed by atoms with Gasteiger partial charge in [0, 0.05) is 66.2 Å². The van der Waals surface area contributed by atoms with Crippen LogP contribution in [-0.2, 0) is 51.4 Å². The number of benzene rings is 7. The van der Waals surface area contributed by atoms with Gasteiger partial charge in [0.05, 0.1) is 45.7 Å². The molecule has 384 valence electrons. The van der Waals surface area contributed by atoms with E-state index >= 15 is 0 Å². The second kappa shape index (κ2) is 26.4. The fourth-order valence-corrected chi connectivity index (χ4v) is 8.79. The van der Waals surface area contributed by atoms with Gasteiger partial charge in [0.25, 0.3) is 0 Å². The predicted octanol–water partition coefficient (Wildman–Crippen LogP) is 12.4. The number of ether oxygens (including phenoxy) is 10. The Morgan fingerprint density at radius 2 is 0.987 bits per heavy atom. The second-order valence-electron chi connectivity index (χ2n) is 17.5. The molecule has 0 amide bonds. The fraction of sp³-hybridized carbons (Fsp3) is 0.206. The number of allylic oxidation sites excluding steroid dienone is 2. The molecule has 12 nitrogen and oxygen atoms in total. The zero-order chi connectivity index (χ0) is 52.4. The monoisotopic (exact) mass is 1010 g/mol. The van der Waals surface area contributed by atoms with E-state index in [1.807, 2.05) is 103 Å². The maximum atomic E-state index is 13.8. The first-order valence-electron chi connectivity index (χ1n) is 24.5. The minimum absolute atomic E-state index is 0.0510. The molecule has 0 unspecified atom stereocenters. The van der Waals surface area contributed by atoms with Crippen LogP contribution in [0.3, 0.4) is 0 Å². The van der Waals surface area contributed by atoms with Crippen molar-refractivity contribution in [3.8, 4) is 34.5 Å². The molecule has 0 fully saturated rings. The van der Waals surface area contributed by atoms with Crippen LogP contribution in [0.25, 0.3) is 0 Å². The molecule has 1 aliphatic carbocycles. The molecule has 7 aromatic rings. The van der Waals surface area contributed by atoms with E-state index in [4.69, 9.17) is 47.4 Å². The van der Waals surface area contributed by atoms with Crippen LogP contribution >= 0.6 is 0 Å². The number of methoxy groups -OCH3 is 4. The van der Waals surface area contributed by atoms with Gasteiger partial charge in [-0.25, -0.2) is 9.59 Å². The van der Waals surface area contributed by atoms with Crippen LogP contribution in [0.1, 0.15) is 66.1 Å². The topological polar surface area (TPSA) is 126 Å². The van der Waals surface area contributed by atoms with E-state index in [-0.39, 0.29) is 26.2 Å². The third-order valence-electron chi connectivity index (χ3n) is 12.3. The molecule has 0 atom stereocenters. The summed E-state index contributed by atoms with van der Waals surface area (Å²) in [6.07, 6.45) is 3.18. The smallest absolute Gasteiger partial charge is 0.343 e. The lowest BCUT2D eigenvalue weighted by Gasteiger charge is -2.24. The first-order chi connectivity index (χ1) is 36.7. The van der Waals surface area contributed by atoms with Gasteiger partial charge in [-0.2, -0.15) is 0 Å². The molecule has 0 saturated heterocycles. The molecular weight excluding hydrogens is 949 g/mol. The number of rotatable bonds is 25. The Kier molecular flexibility index (Phi) is 18.6. The van der Waals surface area contributed by atoms with Gasteiger partial charge in [-0.3, -0.25) is 0 Å². The molecule has 0 aromatic heterocycles. The summed E-state index contributed by atoms with van der Waals surface area (Å²) in [4.78, 5) is 27.0. The van der Waals surface area contributed by atoms with Crippen molar-refractivity contribution < 1.29 is 57.0 Å². The summed E-state index contributed by atoms with van der Waals surface area (Å²) in [7, 11) is 6.47. The van der Waals surface area contributed by atoms with Crippen LogP contribution in [-0.4, -0.2) is 60.4 Å². The highest BCUT2D eigenvalue weighted by Gasteiger charge is 2.25. The summed E-state index contributed by atoms with van der Waals surface area (Å²) in [5, 5.41) is 0. The number of hydrogen-bond donors (Lipinski definition) is 0. The number of hydrogen-bond acceptors (Lipinski definition) is 12. The van der Waals surface area contributed by atoms with Gasteiger partial charge >= 0.3 is 11.9 Å². The molecule has 0 bridgehead atoms. The van der Waals surface area contributed by atoms with Gasteiger partial charge in [0.15, 0.2) is 6.79 Å². The summed E-state index contributed by atoms with van der Waals surface area (Å²) >= 11 is 0. The molecular formula is C63H60O12. The van der Waals surface area contributed by atoms with Crippen LogP contribution in [0, 0.1) is 0 Å². The Hall–Kier alpha value is -8.58. The van der Waals surface area contributed by atoms with E-state index in [1.54, 1.807) is 95.2 Å². The Balaban J connectivity index is 1.20. The van der Waals surface area contributed by atoms with Crippen molar-refractivity contribution in [2.75, 3.05) is 48.4 Å². The molecule has 0 N–H and O–H groups in total. The minimum atomic E-state index is -0.519. The van der Waals surface area contributed by atoms with Gasteiger partial charge in [0.2, 0.25) is 0 Å². The third-order valence-corrected chi connectivity index (χ3v) is 12.3. The Morgan fingerprint density at radius 1 is 0.493 bits per heavy atom. The Bertz CT molecular complexity index is 3110. The minimum Gasteiger partial charge on any atom is -0.496 e. The summed E-state index contributed by atoms with van der Waals surface area (Å²) in [5.74, 6) is 3.18. The van der Waals surface area contributed by atoms with Crippen LogP contribution in [0.15, 0.2) is 199 Å². The number of carbonyl (C=O) groups excluding carboxylic acids is 2. The fourth-order valence-electron chi connectivity index (χ4n) is 8.79. The quantitative estimate of drug-likeness (QED) is 0.0234.